The number of furan rings is 1. The quantitative estimate of drug-likeness (QED) is 0.282. The van der Waals surface area contributed by atoms with Crippen molar-refractivity contribution < 1.29 is 22.4 Å². The number of aromatic nitrogens is 1. The predicted octanol–water partition coefficient (Wildman–Crippen LogP) is 5.44. The highest BCUT2D eigenvalue weighted by atomic mass is 32.2. The molecule has 0 fully saturated rings. The van der Waals surface area contributed by atoms with Crippen LogP contribution in [0.5, 0.6) is 0 Å². The SMILES string of the molecule is CCCCCOC(=O)c1c(C)oc2ccc(NS(=O)(=O)c3cccc4cccnc34)cc12. The third-order valence-corrected chi connectivity index (χ3v) is 6.60. The zero-order chi connectivity index (χ0) is 22.7. The van der Waals surface area contributed by atoms with E-state index in [1.165, 1.54) is 6.07 Å². The van der Waals surface area contributed by atoms with Gasteiger partial charge in [-0.05, 0) is 43.7 Å². The van der Waals surface area contributed by atoms with Gasteiger partial charge in [-0.3, -0.25) is 9.71 Å². The van der Waals surface area contributed by atoms with Crippen molar-refractivity contribution in [1.82, 2.24) is 4.98 Å². The lowest BCUT2D eigenvalue weighted by molar-refractivity contribution is 0.0498. The van der Waals surface area contributed by atoms with Crippen molar-refractivity contribution in [3.63, 3.8) is 0 Å². The van der Waals surface area contributed by atoms with Gasteiger partial charge in [0.2, 0.25) is 0 Å². The van der Waals surface area contributed by atoms with Crippen LogP contribution in [0.25, 0.3) is 21.9 Å². The van der Waals surface area contributed by atoms with Crippen LogP contribution >= 0.6 is 0 Å². The molecule has 0 saturated carbocycles. The number of anilines is 1. The van der Waals surface area contributed by atoms with E-state index < -0.39 is 16.0 Å². The van der Waals surface area contributed by atoms with Gasteiger partial charge in [0, 0.05) is 22.7 Å². The number of fused-ring (bicyclic) bond motifs is 2. The molecule has 166 valence electrons. The summed E-state index contributed by atoms with van der Waals surface area (Å²) in [6, 6.07) is 13.4. The Hall–Kier alpha value is -3.39. The minimum atomic E-state index is -3.91. The van der Waals surface area contributed by atoms with Crippen LogP contribution in [0.2, 0.25) is 0 Å². The molecule has 2 heterocycles. The van der Waals surface area contributed by atoms with Crippen LogP contribution < -0.4 is 4.72 Å². The number of unbranched alkanes of at least 4 members (excludes halogenated alkanes) is 2. The number of ether oxygens (including phenoxy) is 1. The van der Waals surface area contributed by atoms with Crippen LogP contribution in [0.4, 0.5) is 5.69 Å². The van der Waals surface area contributed by atoms with Gasteiger partial charge in [0.05, 0.1) is 12.1 Å². The maximum absolute atomic E-state index is 13.1. The molecule has 0 saturated heterocycles. The molecule has 1 N–H and O–H groups in total. The third kappa shape index (κ3) is 4.31. The Morgan fingerprint density at radius 2 is 1.94 bits per heavy atom. The summed E-state index contributed by atoms with van der Waals surface area (Å²) in [5.74, 6) is -0.0469. The highest BCUT2D eigenvalue weighted by molar-refractivity contribution is 7.93. The first-order valence-corrected chi connectivity index (χ1v) is 12.0. The van der Waals surface area contributed by atoms with E-state index in [-0.39, 0.29) is 4.90 Å². The Bertz CT molecular complexity index is 1390. The second-order valence-electron chi connectivity index (χ2n) is 7.52. The van der Waals surface area contributed by atoms with Gasteiger partial charge in [-0.15, -0.1) is 0 Å². The molecule has 2 aromatic carbocycles. The van der Waals surface area contributed by atoms with Crippen molar-refractivity contribution in [3.8, 4) is 0 Å². The van der Waals surface area contributed by atoms with Crippen LogP contribution in [0.15, 0.2) is 64.0 Å². The Kier molecular flexibility index (Phi) is 6.14. The molecule has 0 aliphatic heterocycles. The molecule has 0 aliphatic carbocycles. The summed E-state index contributed by atoms with van der Waals surface area (Å²) in [6.07, 6.45) is 4.36. The standard InChI is InChI=1S/C24H24N2O5S/c1-3-4-5-14-30-24(27)22-16(2)31-20-12-11-18(15-19(20)22)26-32(28,29)21-10-6-8-17-9-7-13-25-23(17)21/h6-13,15,26H,3-5,14H2,1-2H3. The highest BCUT2D eigenvalue weighted by Crippen LogP contribution is 2.30. The minimum Gasteiger partial charge on any atom is -0.462 e. The number of carbonyl (C=O) groups is 1. The average molecular weight is 453 g/mol. The Morgan fingerprint density at radius 1 is 1.12 bits per heavy atom. The number of nitrogens with zero attached hydrogens (tertiary/aromatic N) is 1. The molecule has 4 aromatic rings. The van der Waals surface area contributed by atoms with Gasteiger partial charge in [0.1, 0.15) is 21.8 Å². The first kappa shape index (κ1) is 21.8. The Balaban J connectivity index is 1.66. The molecule has 0 spiro atoms. The fourth-order valence-corrected chi connectivity index (χ4v) is 4.86. The van der Waals surface area contributed by atoms with Gasteiger partial charge < -0.3 is 9.15 Å². The normalized spacial score (nSPS) is 11.7. The summed E-state index contributed by atoms with van der Waals surface area (Å²) < 4.78 is 39.9. The molecule has 7 nitrogen and oxygen atoms in total. The highest BCUT2D eigenvalue weighted by Gasteiger charge is 2.22. The van der Waals surface area contributed by atoms with Crippen molar-refractivity contribution in [2.75, 3.05) is 11.3 Å². The number of esters is 1. The summed E-state index contributed by atoms with van der Waals surface area (Å²) >= 11 is 0. The zero-order valence-electron chi connectivity index (χ0n) is 17.9. The molecule has 0 unspecified atom stereocenters. The van der Waals surface area contributed by atoms with Gasteiger partial charge in [-0.1, -0.05) is 38.0 Å². The fraction of sp³-hybridized carbons (Fsp3) is 0.250. The lowest BCUT2D eigenvalue weighted by Crippen LogP contribution is -2.14. The van der Waals surface area contributed by atoms with Gasteiger partial charge in [-0.25, -0.2) is 13.2 Å². The fourth-order valence-electron chi connectivity index (χ4n) is 3.63. The predicted molar refractivity (Wildman–Crippen MR) is 123 cm³/mol. The van der Waals surface area contributed by atoms with Crippen LogP contribution in [-0.2, 0) is 14.8 Å². The van der Waals surface area contributed by atoms with Crippen LogP contribution in [0, 0.1) is 6.92 Å². The van der Waals surface area contributed by atoms with Crippen molar-refractivity contribution in [1.29, 1.82) is 0 Å². The molecule has 4 rings (SSSR count). The molecule has 0 aliphatic rings. The average Bonchev–Trinajstić information content (AvgIpc) is 3.11. The second kappa shape index (κ2) is 9.00. The zero-order valence-corrected chi connectivity index (χ0v) is 18.7. The third-order valence-electron chi connectivity index (χ3n) is 5.19. The van der Waals surface area contributed by atoms with E-state index in [0.717, 1.165) is 24.6 Å². The molecule has 0 radical (unpaired) electrons. The van der Waals surface area contributed by atoms with Crippen molar-refractivity contribution >= 4 is 43.6 Å². The summed E-state index contributed by atoms with van der Waals surface area (Å²) in [5, 5.41) is 1.23. The number of hydrogen-bond donors (Lipinski definition) is 1. The van der Waals surface area contributed by atoms with E-state index in [2.05, 4.69) is 16.6 Å². The maximum atomic E-state index is 13.1. The van der Waals surface area contributed by atoms with Crippen molar-refractivity contribution in [2.24, 2.45) is 0 Å². The molecule has 32 heavy (non-hydrogen) atoms. The molecular formula is C24H24N2O5S. The van der Waals surface area contributed by atoms with E-state index in [9.17, 15) is 13.2 Å². The number of rotatable bonds is 8. The molecule has 0 bridgehead atoms. The Morgan fingerprint density at radius 3 is 2.75 bits per heavy atom. The van der Waals surface area contributed by atoms with Crippen LogP contribution in [0.3, 0.4) is 0 Å². The number of sulfonamides is 1. The van der Waals surface area contributed by atoms with Gasteiger partial charge >= 0.3 is 5.97 Å². The summed E-state index contributed by atoms with van der Waals surface area (Å²) in [4.78, 5) is 16.9. The van der Waals surface area contributed by atoms with E-state index in [1.807, 2.05) is 0 Å². The number of carbonyl (C=O) groups excluding carboxylic acids is 1. The molecular weight excluding hydrogens is 428 g/mol. The number of pyridine rings is 1. The Labute approximate surface area is 186 Å². The number of benzene rings is 2. The van der Waals surface area contributed by atoms with E-state index >= 15 is 0 Å². The number of hydrogen-bond acceptors (Lipinski definition) is 6. The molecule has 2 aromatic heterocycles. The molecule has 8 heteroatoms. The largest absolute Gasteiger partial charge is 0.462 e. The van der Waals surface area contributed by atoms with Gasteiger partial charge in [0.25, 0.3) is 10.0 Å². The van der Waals surface area contributed by atoms with Crippen molar-refractivity contribution in [3.05, 3.63) is 66.1 Å². The lowest BCUT2D eigenvalue weighted by atomic mass is 10.1. The maximum Gasteiger partial charge on any atom is 0.342 e. The smallest absolute Gasteiger partial charge is 0.342 e. The number of para-hydroxylation sites is 1. The molecule has 0 amide bonds. The monoisotopic (exact) mass is 452 g/mol. The minimum absolute atomic E-state index is 0.0784. The number of nitrogens with one attached hydrogen (secondary N) is 1. The summed E-state index contributed by atoms with van der Waals surface area (Å²) in [7, 11) is -3.91. The topological polar surface area (TPSA) is 98.5 Å². The second-order valence-corrected chi connectivity index (χ2v) is 9.17. The lowest BCUT2D eigenvalue weighted by Gasteiger charge is -2.10. The van der Waals surface area contributed by atoms with Crippen LogP contribution in [-0.4, -0.2) is 26.0 Å². The van der Waals surface area contributed by atoms with Gasteiger partial charge in [0.15, 0.2) is 0 Å². The molecule has 0 atom stereocenters. The van der Waals surface area contributed by atoms with E-state index in [0.29, 0.717) is 40.1 Å². The van der Waals surface area contributed by atoms with E-state index in [1.54, 1.807) is 55.6 Å². The van der Waals surface area contributed by atoms with E-state index in [4.69, 9.17) is 9.15 Å². The van der Waals surface area contributed by atoms with Crippen molar-refractivity contribution in [2.45, 2.75) is 38.0 Å². The summed E-state index contributed by atoms with van der Waals surface area (Å²) in [6.45, 7) is 4.10. The van der Waals surface area contributed by atoms with Crippen LogP contribution in [0.1, 0.15) is 42.3 Å². The number of aryl methyl sites for hydroxylation is 1. The van der Waals surface area contributed by atoms with Gasteiger partial charge in [-0.2, -0.15) is 0 Å². The first-order chi connectivity index (χ1) is 15.4. The summed E-state index contributed by atoms with van der Waals surface area (Å²) in [5.41, 5.74) is 1.49. The first-order valence-electron chi connectivity index (χ1n) is 10.5.